The molecule has 6 aromatic rings. The number of H-pyrrole nitrogens is 2. The Balaban J connectivity index is 0.000000308. The van der Waals surface area contributed by atoms with Crippen molar-refractivity contribution >= 4 is 105 Å². The van der Waals surface area contributed by atoms with Crippen LogP contribution in [0, 0.1) is 0 Å². The van der Waals surface area contributed by atoms with Crippen LogP contribution in [-0.2, 0) is 63.8 Å². The van der Waals surface area contributed by atoms with Gasteiger partial charge >= 0.3 is 35.5 Å². The van der Waals surface area contributed by atoms with Crippen LogP contribution < -0.4 is 68.7 Å². The summed E-state index contributed by atoms with van der Waals surface area (Å²) in [5, 5.41) is 111. The molecule has 0 saturated carbocycles. The molecule has 638 valence electrons. The Kier molecular flexibility index (Phi) is 37.2. The van der Waals surface area contributed by atoms with E-state index < -0.39 is 107 Å². The average molecular weight is 1670 g/mol. The van der Waals surface area contributed by atoms with Crippen molar-refractivity contribution in [2.45, 2.75) is 104 Å². The SMILES string of the molecule is C=C(OC1C=C(C(=O)[O-])C=C[C@H]1O)C(=O)[O-].C=C(O[C@H]1C=CC=C(C(=O)[O-])[C@@H]1O)C(=O)[O-].CC(C)=CCC1=C(C)C(=O)c2ccccc2C1=O.COC1=C(OC)C(=O)C(CC=C(C)C)=C(C)C1=O.Nc1[nH]c(=O)c2nc(CNc3ccc(C(=O)N[C@@H](CCC(=O)O)C(=O)O)cc3)c[nH+]c2[n+]1N.Nc1ccc(C(=O)O)cc1.O=C(O)c1ccc([O-])cc1. The minimum absolute atomic E-state index is 0.00902. The predicted molar refractivity (Wildman–Crippen MR) is 418 cm³/mol. The van der Waals surface area contributed by atoms with Crippen molar-refractivity contribution < 1.29 is 147 Å². The smallest absolute Gasteiger partial charge is 0.505 e. The first-order chi connectivity index (χ1) is 56.8. The Bertz CT molecular complexity index is 5310. The fraction of sp³-hybridized carbons (Fsp3) is 0.217. The van der Waals surface area contributed by atoms with Gasteiger partial charge in [-0.25, -0.2) is 24.4 Å². The van der Waals surface area contributed by atoms with Crippen LogP contribution in [0.5, 0.6) is 5.75 Å². The lowest BCUT2D eigenvalue weighted by Crippen LogP contribution is -2.53. The van der Waals surface area contributed by atoms with Gasteiger partial charge in [0, 0.05) is 67.0 Å². The molecule has 2 aromatic heterocycles. The van der Waals surface area contributed by atoms with E-state index in [1.807, 2.05) is 39.8 Å². The normalized spacial score (nSPS) is 15.5. The number of ether oxygens (including phenoxy) is 4. The minimum atomic E-state index is -1.63. The maximum absolute atomic E-state index is 12.3. The van der Waals surface area contributed by atoms with E-state index in [9.17, 15) is 103 Å². The molecule has 38 nitrogen and oxygen atoms in total. The summed E-state index contributed by atoms with van der Waals surface area (Å²) < 4.78 is 20.5. The Hall–Kier alpha value is -15.7. The number of aliphatic hydroxyl groups is 2. The Labute approximate surface area is 688 Å². The van der Waals surface area contributed by atoms with Gasteiger partial charge in [-0.3, -0.25) is 33.6 Å². The first kappa shape index (κ1) is 97.6. The van der Waals surface area contributed by atoms with Crippen LogP contribution in [-0.4, -0.2) is 162 Å². The number of carbonyl (C=O) groups excluding carboxylic acids is 9. The van der Waals surface area contributed by atoms with E-state index in [4.69, 9.17) is 56.7 Å². The molecule has 0 radical (unpaired) electrons. The Morgan fingerprint density at radius 2 is 1.16 bits per heavy atom. The first-order valence-corrected chi connectivity index (χ1v) is 35.4. The molecule has 121 heavy (non-hydrogen) atoms. The van der Waals surface area contributed by atoms with Crippen molar-refractivity contribution in [1.29, 1.82) is 0 Å². The number of amides is 1. The highest BCUT2D eigenvalue weighted by molar-refractivity contribution is 6.27. The van der Waals surface area contributed by atoms with Gasteiger partial charge in [-0.1, -0.05) is 97.2 Å². The van der Waals surface area contributed by atoms with Crippen molar-refractivity contribution in [2.24, 2.45) is 0 Å². The number of aromatic carboxylic acids is 2. The number of aromatic nitrogens is 4. The zero-order valence-electron chi connectivity index (χ0n) is 66.0. The molecule has 0 saturated heterocycles. The number of fused-ring (bicyclic) bond motifs is 2. The summed E-state index contributed by atoms with van der Waals surface area (Å²) in [5.41, 5.74) is 17.9. The van der Waals surface area contributed by atoms with Crippen molar-refractivity contribution in [3.05, 3.63) is 277 Å². The molecule has 0 spiro atoms. The number of ketones is 4. The third-order valence-corrected chi connectivity index (χ3v) is 16.8. The summed E-state index contributed by atoms with van der Waals surface area (Å²) in [6, 6.07) is 23.0. The highest BCUT2D eigenvalue weighted by atomic mass is 16.5. The molecular weight excluding hydrogens is 1590 g/mol. The molecule has 2 heterocycles. The maximum atomic E-state index is 12.3. The number of Topliss-reactive ketones (excluding diaryl/α,β-unsaturated/α-hetero) is 4. The van der Waals surface area contributed by atoms with Crippen LogP contribution in [0.25, 0.3) is 11.2 Å². The molecule has 4 aliphatic rings. The van der Waals surface area contributed by atoms with Gasteiger partial charge in [-0.15, -0.1) is 10.7 Å². The number of carboxylic acids is 8. The molecule has 16 N–H and O–H groups in total. The lowest BCUT2D eigenvalue weighted by atomic mass is 9.83. The Morgan fingerprint density at radius 1 is 0.661 bits per heavy atom. The summed E-state index contributed by atoms with van der Waals surface area (Å²) >= 11 is 0. The number of aliphatic carboxylic acids is 6. The number of nitrogen functional groups attached to an aromatic ring is 3. The average Bonchev–Trinajstić information content (AvgIpc) is 0.785. The van der Waals surface area contributed by atoms with Crippen molar-refractivity contribution in [1.82, 2.24) is 15.3 Å². The number of nitrogens with one attached hydrogen (secondary N) is 4. The van der Waals surface area contributed by atoms with Gasteiger partial charge in [0.25, 0.3) is 17.0 Å². The topological polar surface area (TPSA) is 661 Å². The molecule has 4 aliphatic carbocycles. The molecule has 0 fully saturated rings. The van der Waals surface area contributed by atoms with Crippen LogP contribution >= 0.6 is 0 Å². The second kappa shape index (κ2) is 46.1. The molecule has 4 aromatic carbocycles. The standard InChI is InChI=1S/C19H20N8O6.C16H16O2.C14H18O4.2C10H10O6.C7H7NO2.C7H6O3/c20-19-26-17(31)14-15(27(19)21)23-8-11(24-14)7-22-10-3-1-9(2-4-10)16(30)25-12(18(32)33)5-6-13(28)29;1-10(2)8-9-12-11(3)15(17)13-6-4-5-7-14(13)16(12)18;1-8(2)6-7-10-9(3)11(15)13(17-4)14(18-5)12(10)16;1-5(9(12)13)16-8-4-6(10(14)15)2-3-7(8)11;1-5(9(12)13)16-7-4-2-3-6(8(7)11)10(14)15;2*8-6-3-1-5(2-4-6)7(9)10/h1-4,8,12H,5-7,21H2,(H6,20,22,25,26,28,29,30,31,32,33);4-8H,9H2,1-3H3;6H,7H2,1-5H3;2*2-4,7-8,11H,1H2,(H,12,13)(H,14,15);1-4H,8H2,(H,9,10);1-4,8H,(H,9,10)/p-3/t12-;;;7-,8?;7-,8-;;/m0..10../s1. The zero-order valence-corrected chi connectivity index (χ0v) is 66.0. The number of nitrogens with zero attached hydrogens (tertiary/aromatic N) is 2. The number of aromatic amines is 2. The molecule has 1 amide bonds. The van der Waals surface area contributed by atoms with Crippen molar-refractivity contribution in [2.75, 3.05) is 36.8 Å². The van der Waals surface area contributed by atoms with Crippen LogP contribution in [0.1, 0.15) is 125 Å². The maximum Gasteiger partial charge on any atom is 0.505 e. The number of hydrogen-bond donors (Lipinski definition) is 12. The molecule has 10 rings (SSSR count). The monoisotopic (exact) mass is 1670 g/mol. The number of anilines is 3. The fourth-order valence-corrected chi connectivity index (χ4v) is 10.3. The molecule has 5 atom stereocenters. The summed E-state index contributed by atoms with van der Waals surface area (Å²) in [6.45, 7) is 17.6. The number of allylic oxidation sites excluding steroid dienone is 10. The van der Waals surface area contributed by atoms with E-state index in [1.54, 1.807) is 68.6 Å². The number of benzene rings is 4. The second-order valence-corrected chi connectivity index (χ2v) is 26.0. The van der Waals surface area contributed by atoms with Gasteiger partial charge in [0.05, 0.1) is 43.8 Å². The van der Waals surface area contributed by atoms with Gasteiger partial charge < -0.3 is 116 Å². The van der Waals surface area contributed by atoms with E-state index in [0.717, 1.165) is 40.1 Å². The minimum Gasteiger partial charge on any atom is -0.872 e. The highest BCUT2D eigenvalue weighted by Crippen LogP contribution is 2.30. The third kappa shape index (κ3) is 29.2. The van der Waals surface area contributed by atoms with E-state index >= 15 is 0 Å². The molecule has 1 unspecified atom stereocenters. The third-order valence-electron chi connectivity index (χ3n) is 16.8. The van der Waals surface area contributed by atoms with E-state index in [2.05, 4.69) is 38.7 Å². The van der Waals surface area contributed by atoms with Gasteiger partial charge in [0.15, 0.2) is 17.8 Å². The predicted octanol–water partition coefficient (Wildman–Crippen LogP) is -0.0558. The molecule has 0 bridgehead atoms. The fourth-order valence-electron chi connectivity index (χ4n) is 10.3. The number of carbonyl (C=O) groups is 13. The van der Waals surface area contributed by atoms with Crippen molar-refractivity contribution in [3.8, 4) is 5.75 Å². The number of hydrogen-bond acceptors (Lipinski definition) is 30. The lowest BCUT2D eigenvalue weighted by molar-refractivity contribution is -0.643. The summed E-state index contributed by atoms with van der Waals surface area (Å²) in [7, 11) is 2.71. The summed E-state index contributed by atoms with van der Waals surface area (Å²) in [6.07, 6.45) is 7.95. The number of methoxy groups -OCH3 is 2. The summed E-state index contributed by atoms with van der Waals surface area (Å²) in [4.78, 5) is 167. The van der Waals surface area contributed by atoms with Gasteiger partial charge in [0.1, 0.15) is 59.6 Å². The molecular formula is C83H84N9O29-3. The largest absolute Gasteiger partial charge is 0.872 e. The highest BCUT2D eigenvalue weighted by Gasteiger charge is 2.35. The Morgan fingerprint density at radius 3 is 1.64 bits per heavy atom. The molecule has 38 heteroatoms. The van der Waals surface area contributed by atoms with E-state index in [-0.39, 0.29) is 99.2 Å². The van der Waals surface area contributed by atoms with Crippen LogP contribution in [0.2, 0.25) is 0 Å². The number of rotatable bonds is 25. The quantitative estimate of drug-likeness (QED) is 0.00680. The number of carboxylic acid groups (broad SMARTS) is 8. The van der Waals surface area contributed by atoms with Crippen LogP contribution in [0.15, 0.2) is 237 Å². The molecule has 0 aliphatic heterocycles. The van der Waals surface area contributed by atoms with Gasteiger partial charge in [-0.2, -0.15) is 5.84 Å². The van der Waals surface area contributed by atoms with E-state index in [1.165, 1.54) is 74.9 Å². The van der Waals surface area contributed by atoms with Crippen LogP contribution in [0.4, 0.5) is 17.3 Å². The second-order valence-electron chi connectivity index (χ2n) is 26.0. The van der Waals surface area contributed by atoms with Crippen LogP contribution in [0.3, 0.4) is 0 Å². The van der Waals surface area contributed by atoms with Gasteiger partial charge in [0.2, 0.25) is 23.1 Å². The lowest BCUT2D eigenvalue weighted by Gasteiger charge is -2.27. The van der Waals surface area contributed by atoms with Gasteiger partial charge in [-0.05, 0) is 139 Å². The number of nitrogens with two attached hydrogens (primary N) is 3. The number of aliphatic hydroxyl groups excluding tert-OH is 2. The zero-order chi connectivity index (χ0) is 91.0. The summed E-state index contributed by atoms with van der Waals surface area (Å²) in [5.74, 6) is -7.76. The first-order valence-electron chi connectivity index (χ1n) is 35.4. The van der Waals surface area contributed by atoms with Crippen molar-refractivity contribution in [3.63, 3.8) is 0 Å². The van der Waals surface area contributed by atoms with E-state index in [0.29, 0.717) is 63.3 Å².